The highest BCUT2D eigenvalue weighted by atomic mass is 16.3. The summed E-state index contributed by atoms with van der Waals surface area (Å²) < 4.78 is 5.03. The molecule has 1 rings (SSSR count). The van der Waals surface area contributed by atoms with Crippen LogP contribution in [0.25, 0.3) is 0 Å². The Morgan fingerprint density at radius 1 is 1.50 bits per heavy atom. The van der Waals surface area contributed by atoms with E-state index in [1.165, 1.54) is 6.26 Å². The van der Waals surface area contributed by atoms with Crippen LogP contribution in [0.3, 0.4) is 0 Å². The second kappa shape index (κ2) is 4.38. The van der Waals surface area contributed by atoms with Crippen LogP contribution in [-0.2, 0) is 4.79 Å². The predicted octanol–water partition coefficient (Wildman–Crippen LogP) is 0.972. The molecule has 88 valence electrons. The second-order valence-electron chi connectivity index (χ2n) is 4.37. The van der Waals surface area contributed by atoms with Crippen LogP contribution in [-0.4, -0.2) is 17.4 Å². The lowest BCUT2D eigenvalue weighted by molar-refractivity contribution is -0.119. The third-order valence-corrected chi connectivity index (χ3v) is 2.17. The van der Waals surface area contributed by atoms with E-state index in [1.54, 1.807) is 26.8 Å². The number of nitrogens with two attached hydrogens (primary N) is 1. The minimum absolute atomic E-state index is 0.0929. The molecule has 1 aromatic heterocycles. The van der Waals surface area contributed by atoms with Crippen molar-refractivity contribution in [3.63, 3.8) is 0 Å². The van der Waals surface area contributed by atoms with Crippen LogP contribution in [0.4, 0.5) is 0 Å². The van der Waals surface area contributed by atoms with Gasteiger partial charge in [-0.1, -0.05) is 0 Å². The van der Waals surface area contributed by atoms with E-state index in [-0.39, 0.29) is 12.3 Å². The highest BCUT2D eigenvalue weighted by Gasteiger charge is 2.24. The molecule has 0 bridgehead atoms. The lowest BCUT2D eigenvalue weighted by Gasteiger charge is -2.24. The number of hydrogen-bond donors (Lipinski definition) is 2. The standard InChI is InChI=1S/C11H16N2O3/c1-7-8(4-5-16-7)10(15)13-11(2,3)6-9(12)14/h4-5H,6H2,1-3H3,(H2,12,14)(H,13,15). The summed E-state index contributed by atoms with van der Waals surface area (Å²) in [6, 6.07) is 1.59. The van der Waals surface area contributed by atoms with E-state index in [1.807, 2.05) is 0 Å². The van der Waals surface area contributed by atoms with Crippen molar-refractivity contribution >= 4 is 11.8 Å². The minimum atomic E-state index is -0.660. The van der Waals surface area contributed by atoms with Gasteiger partial charge in [-0.05, 0) is 26.8 Å². The number of nitrogens with one attached hydrogen (secondary N) is 1. The van der Waals surface area contributed by atoms with Crippen molar-refractivity contribution in [2.45, 2.75) is 32.7 Å². The summed E-state index contributed by atoms with van der Waals surface area (Å²) in [6.45, 7) is 5.19. The first-order valence-electron chi connectivity index (χ1n) is 4.97. The molecule has 5 heteroatoms. The Hall–Kier alpha value is -1.78. The maximum Gasteiger partial charge on any atom is 0.255 e. The first-order valence-corrected chi connectivity index (χ1v) is 4.97. The number of primary amides is 1. The molecule has 1 heterocycles. The summed E-state index contributed by atoms with van der Waals surface area (Å²) in [5.41, 5.74) is 4.90. The fraction of sp³-hybridized carbons (Fsp3) is 0.455. The Morgan fingerprint density at radius 3 is 2.56 bits per heavy atom. The molecule has 0 aliphatic heterocycles. The summed E-state index contributed by atoms with van der Waals surface area (Å²) >= 11 is 0. The van der Waals surface area contributed by atoms with E-state index < -0.39 is 11.4 Å². The Morgan fingerprint density at radius 2 is 2.12 bits per heavy atom. The smallest absolute Gasteiger partial charge is 0.255 e. The maximum absolute atomic E-state index is 11.8. The number of hydrogen-bond acceptors (Lipinski definition) is 3. The molecule has 16 heavy (non-hydrogen) atoms. The summed E-state index contributed by atoms with van der Waals surface area (Å²) in [5.74, 6) is -0.168. The lowest BCUT2D eigenvalue weighted by atomic mass is 9.99. The molecule has 0 saturated heterocycles. The Labute approximate surface area is 94.0 Å². The van der Waals surface area contributed by atoms with Gasteiger partial charge in [0.25, 0.3) is 5.91 Å². The van der Waals surface area contributed by atoms with E-state index in [0.29, 0.717) is 11.3 Å². The van der Waals surface area contributed by atoms with Crippen molar-refractivity contribution in [2.24, 2.45) is 5.73 Å². The molecular weight excluding hydrogens is 208 g/mol. The van der Waals surface area contributed by atoms with E-state index in [9.17, 15) is 9.59 Å². The third kappa shape index (κ3) is 3.12. The van der Waals surface area contributed by atoms with Gasteiger partial charge in [0.05, 0.1) is 11.8 Å². The van der Waals surface area contributed by atoms with E-state index in [0.717, 1.165) is 0 Å². The average molecular weight is 224 g/mol. The van der Waals surface area contributed by atoms with Gasteiger partial charge in [0.15, 0.2) is 0 Å². The lowest BCUT2D eigenvalue weighted by Crippen LogP contribution is -2.46. The topological polar surface area (TPSA) is 85.3 Å². The molecule has 0 spiro atoms. The van der Waals surface area contributed by atoms with Gasteiger partial charge in [0.1, 0.15) is 5.76 Å². The first kappa shape index (κ1) is 12.3. The van der Waals surface area contributed by atoms with Crippen molar-refractivity contribution in [3.8, 4) is 0 Å². The zero-order valence-corrected chi connectivity index (χ0v) is 9.66. The van der Waals surface area contributed by atoms with Crippen LogP contribution >= 0.6 is 0 Å². The molecule has 3 N–H and O–H groups in total. The van der Waals surface area contributed by atoms with Crippen LogP contribution in [0.15, 0.2) is 16.7 Å². The molecule has 0 atom stereocenters. The summed E-state index contributed by atoms with van der Waals surface area (Å²) in [4.78, 5) is 22.6. The van der Waals surface area contributed by atoms with Crippen LogP contribution in [0.5, 0.6) is 0 Å². The minimum Gasteiger partial charge on any atom is -0.469 e. The van der Waals surface area contributed by atoms with Gasteiger partial charge >= 0.3 is 0 Å². The number of furan rings is 1. The number of amides is 2. The molecule has 0 fully saturated rings. The van der Waals surface area contributed by atoms with Gasteiger partial charge < -0.3 is 15.5 Å². The van der Waals surface area contributed by atoms with E-state index >= 15 is 0 Å². The number of rotatable bonds is 4. The molecule has 5 nitrogen and oxygen atoms in total. The largest absolute Gasteiger partial charge is 0.469 e. The van der Waals surface area contributed by atoms with Gasteiger partial charge in [0, 0.05) is 12.0 Å². The number of carbonyl (C=O) groups excluding carboxylic acids is 2. The third-order valence-electron chi connectivity index (χ3n) is 2.17. The van der Waals surface area contributed by atoms with E-state index in [2.05, 4.69) is 5.32 Å². The van der Waals surface area contributed by atoms with Crippen molar-refractivity contribution < 1.29 is 14.0 Å². The molecule has 0 unspecified atom stereocenters. The van der Waals surface area contributed by atoms with Crippen LogP contribution < -0.4 is 11.1 Å². The normalized spacial score (nSPS) is 11.2. The van der Waals surface area contributed by atoms with Crippen LogP contribution in [0, 0.1) is 6.92 Å². The SMILES string of the molecule is Cc1occc1C(=O)NC(C)(C)CC(N)=O. The van der Waals surface area contributed by atoms with Gasteiger partial charge in [-0.15, -0.1) is 0 Å². The van der Waals surface area contributed by atoms with Crippen molar-refractivity contribution in [1.82, 2.24) is 5.32 Å². The Kier molecular flexibility index (Phi) is 3.37. The van der Waals surface area contributed by atoms with Gasteiger partial charge in [0.2, 0.25) is 5.91 Å². The summed E-state index contributed by atoms with van der Waals surface area (Å²) in [5, 5.41) is 2.73. The summed E-state index contributed by atoms with van der Waals surface area (Å²) in [7, 11) is 0. The van der Waals surface area contributed by atoms with Crippen LogP contribution in [0.2, 0.25) is 0 Å². The van der Waals surface area contributed by atoms with Crippen molar-refractivity contribution in [1.29, 1.82) is 0 Å². The maximum atomic E-state index is 11.8. The van der Waals surface area contributed by atoms with Crippen molar-refractivity contribution in [2.75, 3.05) is 0 Å². The van der Waals surface area contributed by atoms with Crippen LogP contribution in [0.1, 0.15) is 36.4 Å². The zero-order chi connectivity index (χ0) is 12.3. The molecule has 1 aromatic rings. The second-order valence-corrected chi connectivity index (χ2v) is 4.37. The zero-order valence-electron chi connectivity index (χ0n) is 9.66. The van der Waals surface area contributed by atoms with Gasteiger partial charge in [-0.25, -0.2) is 0 Å². The quantitative estimate of drug-likeness (QED) is 0.799. The highest BCUT2D eigenvalue weighted by Crippen LogP contribution is 2.13. The summed E-state index contributed by atoms with van der Waals surface area (Å²) in [6.07, 6.45) is 1.54. The van der Waals surface area contributed by atoms with Gasteiger partial charge in [-0.3, -0.25) is 9.59 Å². The van der Waals surface area contributed by atoms with Gasteiger partial charge in [-0.2, -0.15) is 0 Å². The average Bonchev–Trinajstić information content (AvgIpc) is 2.47. The Balaban J connectivity index is 2.71. The van der Waals surface area contributed by atoms with E-state index in [4.69, 9.17) is 10.2 Å². The fourth-order valence-electron chi connectivity index (χ4n) is 1.47. The van der Waals surface area contributed by atoms with Crippen molar-refractivity contribution in [3.05, 3.63) is 23.7 Å². The molecule has 0 aliphatic rings. The molecule has 0 aromatic carbocycles. The fourth-order valence-corrected chi connectivity index (χ4v) is 1.47. The first-order chi connectivity index (χ1) is 7.32. The predicted molar refractivity (Wildman–Crippen MR) is 58.8 cm³/mol. The molecule has 2 amide bonds. The molecule has 0 aliphatic carbocycles. The molecule has 0 radical (unpaired) electrons. The monoisotopic (exact) mass is 224 g/mol. The Bertz CT molecular complexity index is 407. The molecular formula is C11H16N2O3. The molecule has 0 saturated carbocycles. The number of aryl methyl sites for hydroxylation is 1. The highest BCUT2D eigenvalue weighted by molar-refractivity contribution is 5.95. The number of carbonyl (C=O) groups is 2.